The molecule has 0 saturated carbocycles. The minimum atomic E-state index is 0.335. The first-order chi connectivity index (χ1) is 7.98. The van der Waals surface area contributed by atoms with Crippen LogP contribution in [0.1, 0.15) is 20.3 Å². The predicted molar refractivity (Wildman–Crippen MR) is 77.0 cm³/mol. The molecule has 1 aromatic rings. The Hall–Kier alpha value is -0.610. The molecule has 2 heterocycles. The van der Waals surface area contributed by atoms with E-state index in [1.807, 2.05) is 17.8 Å². The van der Waals surface area contributed by atoms with E-state index in [0.29, 0.717) is 15.6 Å². The summed E-state index contributed by atoms with van der Waals surface area (Å²) in [6.07, 6.45) is 1.13. The summed E-state index contributed by atoms with van der Waals surface area (Å²) < 4.78 is 0.335. The lowest BCUT2D eigenvalue weighted by Crippen LogP contribution is -2.28. The number of hydrogen-bond acceptors (Lipinski definition) is 4. The van der Waals surface area contributed by atoms with Gasteiger partial charge in [0.05, 0.1) is 5.69 Å². The molecule has 17 heavy (non-hydrogen) atoms. The normalized spacial score (nSPS) is 20.1. The van der Waals surface area contributed by atoms with Gasteiger partial charge in [0.25, 0.3) is 0 Å². The van der Waals surface area contributed by atoms with Crippen molar-refractivity contribution >= 4 is 34.9 Å². The molecule has 0 unspecified atom stereocenters. The monoisotopic (exact) mass is 271 g/mol. The van der Waals surface area contributed by atoms with Gasteiger partial charge in [0, 0.05) is 23.6 Å². The molecule has 1 fully saturated rings. The molecule has 0 spiro atoms. The molecule has 3 nitrogen and oxygen atoms in total. The smallest absolute Gasteiger partial charge is 0.153 e. The van der Waals surface area contributed by atoms with Crippen molar-refractivity contribution in [2.24, 2.45) is 0 Å². The molecule has 0 radical (unpaired) electrons. The van der Waals surface area contributed by atoms with E-state index in [-0.39, 0.29) is 0 Å². The van der Waals surface area contributed by atoms with Crippen LogP contribution in [-0.2, 0) is 0 Å². The number of nitrogens with zero attached hydrogens (tertiary/aromatic N) is 2. The molecule has 0 amide bonds. The molecule has 0 aromatic carbocycles. The lowest BCUT2D eigenvalue weighted by molar-refractivity contribution is 0.635. The Morgan fingerprint density at radius 2 is 2.18 bits per heavy atom. The van der Waals surface area contributed by atoms with E-state index in [1.165, 1.54) is 0 Å². The van der Waals surface area contributed by atoms with Crippen LogP contribution in [0.2, 0.25) is 5.15 Å². The molecule has 2 rings (SSSR count). The Labute approximate surface area is 112 Å². The highest BCUT2D eigenvalue weighted by Gasteiger charge is 2.25. The predicted octanol–water partition coefficient (Wildman–Crippen LogP) is 3.04. The minimum absolute atomic E-state index is 0.335. The topological polar surface area (TPSA) is 42.2 Å². The fourth-order valence-corrected chi connectivity index (χ4v) is 3.16. The van der Waals surface area contributed by atoms with Crippen molar-refractivity contribution in [3.05, 3.63) is 17.3 Å². The lowest BCUT2D eigenvalue weighted by Gasteiger charge is -2.24. The van der Waals surface area contributed by atoms with Crippen LogP contribution >= 0.6 is 23.4 Å². The van der Waals surface area contributed by atoms with Crippen LogP contribution in [0.3, 0.4) is 0 Å². The quantitative estimate of drug-likeness (QED) is 0.798. The Bertz CT molecular complexity index is 409. The van der Waals surface area contributed by atoms with Gasteiger partial charge in [-0.2, -0.15) is 11.8 Å². The lowest BCUT2D eigenvalue weighted by atomic mass is 10.1. The summed E-state index contributed by atoms with van der Waals surface area (Å²) in [6.45, 7) is 6.54. The zero-order valence-corrected chi connectivity index (χ0v) is 11.8. The summed E-state index contributed by atoms with van der Waals surface area (Å²) in [7, 11) is 0. The zero-order valence-electron chi connectivity index (χ0n) is 10.2. The van der Waals surface area contributed by atoms with Crippen molar-refractivity contribution < 1.29 is 0 Å². The highest BCUT2D eigenvalue weighted by atomic mass is 35.5. The third kappa shape index (κ3) is 3.19. The largest absolute Gasteiger partial charge is 0.396 e. The first-order valence-electron chi connectivity index (χ1n) is 5.79. The first kappa shape index (κ1) is 12.8. The van der Waals surface area contributed by atoms with Crippen LogP contribution in [0.25, 0.3) is 0 Å². The summed E-state index contributed by atoms with van der Waals surface area (Å²) in [6, 6.07) is 3.56. The number of thioether (sulfide) groups is 1. The molecule has 0 atom stereocenters. The summed E-state index contributed by atoms with van der Waals surface area (Å²) in [5, 5.41) is 0.505. The van der Waals surface area contributed by atoms with Crippen molar-refractivity contribution in [3.8, 4) is 0 Å². The number of nitrogens with two attached hydrogens (primary N) is 1. The Morgan fingerprint density at radius 3 is 2.94 bits per heavy atom. The second-order valence-corrected chi connectivity index (χ2v) is 7.08. The van der Waals surface area contributed by atoms with E-state index in [1.54, 1.807) is 6.07 Å². The Balaban J connectivity index is 2.19. The standard InChI is InChI=1S/C12H18ClN3S/c1-12(2)5-6-16(7-8-17-12)11-9(14)3-4-10(13)15-11/h3-4H,5-8,14H2,1-2H3. The van der Waals surface area contributed by atoms with Crippen molar-refractivity contribution in [3.63, 3.8) is 0 Å². The molecular formula is C12H18ClN3S. The van der Waals surface area contributed by atoms with Crippen LogP contribution in [-0.4, -0.2) is 28.6 Å². The molecule has 1 aromatic heterocycles. The zero-order chi connectivity index (χ0) is 12.5. The average molecular weight is 272 g/mol. The third-order valence-electron chi connectivity index (χ3n) is 3.01. The Kier molecular flexibility index (Phi) is 3.73. The van der Waals surface area contributed by atoms with Crippen molar-refractivity contribution in [1.29, 1.82) is 0 Å². The summed E-state index contributed by atoms with van der Waals surface area (Å²) in [5.41, 5.74) is 6.68. The maximum absolute atomic E-state index is 5.97. The molecule has 0 bridgehead atoms. The van der Waals surface area contributed by atoms with Crippen molar-refractivity contribution in [2.45, 2.75) is 25.0 Å². The van der Waals surface area contributed by atoms with E-state index >= 15 is 0 Å². The third-order valence-corrected chi connectivity index (χ3v) is 4.59. The SMILES string of the molecule is CC1(C)CCN(c2nc(Cl)ccc2N)CCS1. The second kappa shape index (κ2) is 4.94. The first-order valence-corrected chi connectivity index (χ1v) is 7.15. The molecule has 5 heteroatoms. The molecule has 1 aliphatic heterocycles. The van der Waals surface area contributed by atoms with E-state index in [4.69, 9.17) is 17.3 Å². The molecule has 0 aliphatic carbocycles. The van der Waals surface area contributed by atoms with E-state index in [2.05, 4.69) is 23.7 Å². The van der Waals surface area contributed by atoms with Gasteiger partial charge in [-0.3, -0.25) is 0 Å². The second-order valence-electron chi connectivity index (χ2n) is 4.89. The van der Waals surface area contributed by atoms with Gasteiger partial charge < -0.3 is 10.6 Å². The number of halogens is 1. The molecule has 1 saturated heterocycles. The minimum Gasteiger partial charge on any atom is -0.396 e. The number of hydrogen-bond donors (Lipinski definition) is 1. The van der Waals surface area contributed by atoms with Crippen LogP contribution in [0.15, 0.2) is 12.1 Å². The molecule has 1 aliphatic rings. The number of rotatable bonds is 1. The van der Waals surface area contributed by atoms with E-state index in [0.717, 1.165) is 31.1 Å². The van der Waals surface area contributed by atoms with Gasteiger partial charge in [-0.1, -0.05) is 25.4 Å². The van der Waals surface area contributed by atoms with Crippen LogP contribution < -0.4 is 10.6 Å². The average Bonchev–Trinajstić information content (AvgIpc) is 2.43. The van der Waals surface area contributed by atoms with Gasteiger partial charge in [0.2, 0.25) is 0 Å². The van der Waals surface area contributed by atoms with E-state index < -0.39 is 0 Å². The highest BCUT2D eigenvalue weighted by Crippen LogP contribution is 2.33. The van der Waals surface area contributed by atoms with Gasteiger partial charge in [0.15, 0.2) is 5.82 Å². The van der Waals surface area contributed by atoms with Crippen LogP contribution in [0, 0.1) is 0 Å². The molecule has 94 valence electrons. The van der Waals surface area contributed by atoms with Gasteiger partial charge >= 0.3 is 0 Å². The molecule has 2 N–H and O–H groups in total. The maximum atomic E-state index is 5.97. The van der Waals surface area contributed by atoms with E-state index in [9.17, 15) is 0 Å². The summed E-state index contributed by atoms with van der Waals surface area (Å²) in [5.74, 6) is 1.93. The van der Waals surface area contributed by atoms with Gasteiger partial charge in [-0.05, 0) is 18.6 Å². The maximum Gasteiger partial charge on any atom is 0.153 e. The number of nitrogen functional groups attached to an aromatic ring is 1. The van der Waals surface area contributed by atoms with Crippen molar-refractivity contribution in [2.75, 3.05) is 29.5 Å². The molecular weight excluding hydrogens is 254 g/mol. The van der Waals surface area contributed by atoms with Crippen LogP contribution in [0.5, 0.6) is 0 Å². The summed E-state index contributed by atoms with van der Waals surface area (Å²) in [4.78, 5) is 6.58. The number of anilines is 2. The highest BCUT2D eigenvalue weighted by molar-refractivity contribution is 8.00. The summed E-state index contributed by atoms with van der Waals surface area (Å²) >= 11 is 7.94. The van der Waals surface area contributed by atoms with Gasteiger partial charge in [0.1, 0.15) is 5.15 Å². The van der Waals surface area contributed by atoms with Gasteiger partial charge in [-0.15, -0.1) is 0 Å². The number of pyridine rings is 1. The van der Waals surface area contributed by atoms with Crippen LogP contribution in [0.4, 0.5) is 11.5 Å². The Morgan fingerprint density at radius 1 is 1.41 bits per heavy atom. The fourth-order valence-electron chi connectivity index (χ4n) is 1.92. The van der Waals surface area contributed by atoms with Crippen molar-refractivity contribution in [1.82, 2.24) is 4.98 Å². The number of aromatic nitrogens is 1. The fraction of sp³-hybridized carbons (Fsp3) is 0.583. The van der Waals surface area contributed by atoms with Gasteiger partial charge in [-0.25, -0.2) is 4.98 Å².